The van der Waals surface area contributed by atoms with Crippen molar-refractivity contribution < 1.29 is 22.5 Å². The molecule has 0 atom stereocenters. The van der Waals surface area contributed by atoms with Gasteiger partial charge in [0, 0.05) is 5.69 Å². The van der Waals surface area contributed by atoms with Crippen molar-refractivity contribution in [1.29, 1.82) is 0 Å². The van der Waals surface area contributed by atoms with E-state index in [1.165, 1.54) is 0 Å². The average molecular weight is 301 g/mol. The van der Waals surface area contributed by atoms with Crippen molar-refractivity contribution in [2.24, 2.45) is 0 Å². The van der Waals surface area contributed by atoms with Crippen molar-refractivity contribution in [3.8, 4) is 0 Å². The molecule has 0 aromatic heterocycles. The Kier molecular flexibility index (Phi) is 4.01. The molecule has 0 saturated carbocycles. The number of alkyl halides is 3. The first-order valence-corrected chi connectivity index (χ1v) is 6.76. The lowest BCUT2D eigenvalue weighted by Crippen LogP contribution is -2.41. The molecule has 1 heterocycles. The molecule has 0 spiro atoms. The maximum atomic E-state index is 12.1. The molecular weight excluding hydrogens is 282 g/mol. The lowest BCUT2D eigenvalue weighted by atomic mass is 9.79. The van der Waals surface area contributed by atoms with Gasteiger partial charge in [0.15, 0.2) is 0 Å². The molecule has 1 saturated heterocycles. The minimum absolute atomic E-state index is 0.410. The Morgan fingerprint density at radius 2 is 1.48 bits per heavy atom. The Labute approximate surface area is 123 Å². The minimum atomic E-state index is -4.23. The summed E-state index contributed by atoms with van der Waals surface area (Å²) in [6, 6.07) is 6.60. The molecule has 1 aliphatic heterocycles. The second kappa shape index (κ2) is 5.21. The van der Waals surface area contributed by atoms with E-state index in [0.29, 0.717) is 5.69 Å². The Morgan fingerprint density at radius 3 is 1.90 bits per heavy atom. The van der Waals surface area contributed by atoms with Gasteiger partial charge in [0.1, 0.15) is 6.54 Å². The third-order valence-electron chi connectivity index (χ3n) is 3.93. The molecular formula is C14H19BF3NO2. The second-order valence-corrected chi connectivity index (χ2v) is 6.18. The maximum absolute atomic E-state index is 12.1. The summed E-state index contributed by atoms with van der Waals surface area (Å²) in [5.41, 5.74) is 0.314. The first-order chi connectivity index (χ1) is 9.50. The fraction of sp³-hybridized carbons (Fsp3) is 0.571. The van der Waals surface area contributed by atoms with E-state index in [0.717, 1.165) is 5.46 Å². The molecule has 116 valence electrons. The number of anilines is 1. The van der Waals surface area contributed by atoms with E-state index < -0.39 is 31.0 Å². The summed E-state index contributed by atoms with van der Waals surface area (Å²) in [5, 5.41) is 2.33. The number of hydrogen-bond donors (Lipinski definition) is 1. The van der Waals surface area contributed by atoms with Gasteiger partial charge in [-0.2, -0.15) is 13.2 Å². The quantitative estimate of drug-likeness (QED) is 0.871. The van der Waals surface area contributed by atoms with Gasteiger partial charge in [-0.25, -0.2) is 0 Å². The van der Waals surface area contributed by atoms with Crippen LogP contribution in [0.15, 0.2) is 24.3 Å². The number of nitrogens with one attached hydrogen (secondary N) is 1. The van der Waals surface area contributed by atoms with E-state index in [4.69, 9.17) is 9.31 Å². The van der Waals surface area contributed by atoms with Gasteiger partial charge in [-0.3, -0.25) is 0 Å². The van der Waals surface area contributed by atoms with Gasteiger partial charge in [0.25, 0.3) is 0 Å². The number of hydrogen-bond acceptors (Lipinski definition) is 3. The van der Waals surface area contributed by atoms with Crippen LogP contribution in [-0.4, -0.2) is 31.0 Å². The van der Waals surface area contributed by atoms with Gasteiger partial charge < -0.3 is 14.6 Å². The molecule has 0 radical (unpaired) electrons. The van der Waals surface area contributed by atoms with Crippen molar-refractivity contribution in [1.82, 2.24) is 0 Å². The molecule has 1 aromatic carbocycles. The van der Waals surface area contributed by atoms with Crippen molar-refractivity contribution in [2.75, 3.05) is 11.9 Å². The molecule has 7 heteroatoms. The van der Waals surface area contributed by atoms with Crippen molar-refractivity contribution in [3.05, 3.63) is 24.3 Å². The number of benzene rings is 1. The van der Waals surface area contributed by atoms with Gasteiger partial charge in [-0.05, 0) is 45.3 Å². The van der Waals surface area contributed by atoms with E-state index in [9.17, 15) is 13.2 Å². The summed E-state index contributed by atoms with van der Waals surface area (Å²) in [6.07, 6.45) is -4.23. The van der Waals surface area contributed by atoms with Crippen LogP contribution in [0.25, 0.3) is 0 Å². The molecule has 21 heavy (non-hydrogen) atoms. The summed E-state index contributed by atoms with van der Waals surface area (Å²) in [6.45, 7) is 6.75. The van der Waals surface area contributed by atoms with Crippen LogP contribution >= 0.6 is 0 Å². The Morgan fingerprint density at radius 1 is 1.00 bits per heavy atom. The Balaban J connectivity index is 2.04. The van der Waals surface area contributed by atoms with Gasteiger partial charge in [-0.15, -0.1) is 0 Å². The molecule has 1 fully saturated rings. The summed E-state index contributed by atoms with van der Waals surface area (Å²) >= 11 is 0. The Bertz CT molecular complexity index is 484. The van der Waals surface area contributed by atoms with Crippen LogP contribution < -0.4 is 10.8 Å². The smallest absolute Gasteiger partial charge is 0.399 e. The van der Waals surface area contributed by atoms with Crippen LogP contribution in [-0.2, 0) is 9.31 Å². The first-order valence-electron chi connectivity index (χ1n) is 6.76. The number of halogens is 3. The molecule has 2 rings (SSSR count). The summed E-state index contributed by atoms with van der Waals surface area (Å²) in [7, 11) is -0.508. The maximum Gasteiger partial charge on any atom is 0.494 e. The highest BCUT2D eigenvalue weighted by Gasteiger charge is 2.51. The van der Waals surface area contributed by atoms with Crippen LogP contribution in [0.3, 0.4) is 0 Å². The standard InChI is InChI=1S/C14H19BF3NO2/c1-12(2)13(3,4)21-15(20-12)10-5-7-11(8-6-10)19-9-14(16,17)18/h5-8,19H,9H2,1-4H3. The zero-order valence-electron chi connectivity index (χ0n) is 12.5. The largest absolute Gasteiger partial charge is 0.494 e. The van der Waals surface area contributed by atoms with Crippen LogP contribution in [0.2, 0.25) is 0 Å². The third-order valence-corrected chi connectivity index (χ3v) is 3.93. The topological polar surface area (TPSA) is 30.5 Å². The molecule has 0 bridgehead atoms. The molecule has 0 aliphatic carbocycles. The predicted molar refractivity (Wildman–Crippen MR) is 76.7 cm³/mol. The normalized spacial score (nSPS) is 20.6. The van der Waals surface area contributed by atoms with E-state index in [2.05, 4.69) is 5.32 Å². The summed E-state index contributed by atoms with van der Waals surface area (Å²) in [4.78, 5) is 0. The zero-order valence-corrected chi connectivity index (χ0v) is 12.5. The minimum Gasteiger partial charge on any atom is -0.399 e. The van der Waals surface area contributed by atoms with Gasteiger partial charge in [0.05, 0.1) is 11.2 Å². The lowest BCUT2D eigenvalue weighted by Gasteiger charge is -2.32. The number of rotatable bonds is 3. The highest BCUT2D eigenvalue weighted by atomic mass is 19.4. The fourth-order valence-electron chi connectivity index (χ4n) is 1.94. The van der Waals surface area contributed by atoms with Crippen LogP contribution in [0.4, 0.5) is 18.9 Å². The van der Waals surface area contributed by atoms with Crippen LogP contribution in [0.1, 0.15) is 27.7 Å². The average Bonchev–Trinajstić information content (AvgIpc) is 2.56. The van der Waals surface area contributed by atoms with Gasteiger partial charge >= 0.3 is 13.3 Å². The molecule has 0 amide bonds. The van der Waals surface area contributed by atoms with E-state index in [-0.39, 0.29) is 0 Å². The highest BCUT2D eigenvalue weighted by Crippen LogP contribution is 2.36. The SMILES string of the molecule is CC1(C)OB(c2ccc(NCC(F)(F)F)cc2)OC1(C)C. The second-order valence-electron chi connectivity index (χ2n) is 6.18. The van der Waals surface area contributed by atoms with Crippen molar-refractivity contribution in [2.45, 2.75) is 45.1 Å². The molecule has 1 aliphatic rings. The van der Waals surface area contributed by atoms with E-state index >= 15 is 0 Å². The third kappa shape index (κ3) is 3.71. The van der Waals surface area contributed by atoms with E-state index in [1.807, 2.05) is 27.7 Å². The monoisotopic (exact) mass is 301 g/mol. The van der Waals surface area contributed by atoms with Crippen LogP contribution in [0.5, 0.6) is 0 Å². The van der Waals surface area contributed by atoms with Crippen molar-refractivity contribution >= 4 is 18.3 Å². The summed E-state index contributed by atoms with van der Waals surface area (Å²) in [5.74, 6) is 0. The molecule has 1 N–H and O–H groups in total. The van der Waals surface area contributed by atoms with Crippen LogP contribution in [0, 0.1) is 0 Å². The highest BCUT2D eigenvalue weighted by molar-refractivity contribution is 6.62. The van der Waals surface area contributed by atoms with E-state index in [1.54, 1.807) is 24.3 Å². The lowest BCUT2D eigenvalue weighted by molar-refractivity contribution is -0.115. The first kappa shape index (κ1) is 16.2. The molecule has 1 aromatic rings. The molecule has 3 nitrogen and oxygen atoms in total. The predicted octanol–water partition coefficient (Wildman–Crippen LogP) is 2.96. The Hall–Kier alpha value is -1.21. The van der Waals surface area contributed by atoms with Gasteiger partial charge in [0.2, 0.25) is 0 Å². The molecule has 0 unspecified atom stereocenters. The van der Waals surface area contributed by atoms with Crippen molar-refractivity contribution in [3.63, 3.8) is 0 Å². The fourth-order valence-corrected chi connectivity index (χ4v) is 1.94. The van der Waals surface area contributed by atoms with Gasteiger partial charge in [-0.1, -0.05) is 12.1 Å². The summed E-state index contributed by atoms with van der Waals surface area (Å²) < 4.78 is 48.2. The zero-order chi connectivity index (χ0) is 15.9.